The fourth-order valence-electron chi connectivity index (χ4n) is 5.39. The quantitative estimate of drug-likeness (QED) is 0.644. The standard InChI is InChI=1S/C24H34N2O4/c1-3-29-24(30-4-2)21-12-8-14-26(21)23(28)20-11-7-13-25(20)22(27)19-15-17-9-5-6-10-18(17)16-19/h5-6,9-10,19-21,24H,3-4,7-8,11-16H2,1-2H3/t20-,21-/m0/s1. The molecule has 2 aliphatic heterocycles. The zero-order valence-corrected chi connectivity index (χ0v) is 18.2. The first kappa shape index (κ1) is 21.3. The van der Waals surface area contributed by atoms with E-state index in [1.54, 1.807) is 0 Å². The molecule has 30 heavy (non-hydrogen) atoms. The number of benzene rings is 1. The lowest BCUT2D eigenvalue weighted by Crippen LogP contribution is -2.53. The first-order valence-corrected chi connectivity index (χ1v) is 11.5. The van der Waals surface area contributed by atoms with Gasteiger partial charge in [0, 0.05) is 32.2 Å². The van der Waals surface area contributed by atoms with Crippen LogP contribution in [0.3, 0.4) is 0 Å². The molecule has 0 radical (unpaired) electrons. The number of fused-ring (bicyclic) bond motifs is 1. The van der Waals surface area contributed by atoms with Crippen molar-refractivity contribution in [2.45, 2.75) is 70.7 Å². The summed E-state index contributed by atoms with van der Waals surface area (Å²) in [6, 6.07) is 7.90. The van der Waals surface area contributed by atoms with Gasteiger partial charge in [-0.2, -0.15) is 0 Å². The highest BCUT2D eigenvalue weighted by Crippen LogP contribution is 2.32. The summed E-state index contributed by atoms with van der Waals surface area (Å²) in [7, 11) is 0. The van der Waals surface area contributed by atoms with Gasteiger partial charge in [-0.25, -0.2) is 0 Å². The highest BCUT2D eigenvalue weighted by Gasteiger charge is 2.44. The van der Waals surface area contributed by atoms with Crippen LogP contribution in [0.5, 0.6) is 0 Å². The molecule has 4 rings (SSSR count). The molecule has 164 valence electrons. The van der Waals surface area contributed by atoms with Gasteiger partial charge in [0.1, 0.15) is 6.04 Å². The van der Waals surface area contributed by atoms with Crippen molar-refractivity contribution >= 4 is 11.8 Å². The molecule has 2 heterocycles. The lowest BCUT2D eigenvalue weighted by Gasteiger charge is -2.35. The third-order valence-electron chi connectivity index (χ3n) is 6.78. The van der Waals surface area contributed by atoms with Gasteiger partial charge >= 0.3 is 0 Å². The fourth-order valence-corrected chi connectivity index (χ4v) is 5.39. The van der Waals surface area contributed by atoms with Gasteiger partial charge in [-0.3, -0.25) is 9.59 Å². The molecule has 0 saturated carbocycles. The summed E-state index contributed by atoms with van der Waals surface area (Å²) in [6.45, 7) is 6.40. The smallest absolute Gasteiger partial charge is 0.245 e. The van der Waals surface area contributed by atoms with Crippen molar-refractivity contribution in [1.82, 2.24) is 9.80 Å². The number of amides is 2. The van der Waals surface area contributed by atoms with Gasteiger partial charge in [0.25, 0.3) is 0 Å². The first-order valence-electron chi connectivity index (χ1n) is 11.5. The minimum absolute atomic E-state index is 0.0372. The number of nitrogens with zero attached hydrogens (tertiary/aromatic N) is 2. The minimum atomic E-state index is -0.388. The molecule has 6 heteroatoms. The van der Waals surface area contributed by atoms with Crippen molar-refractivity contribution < 1.29 is 19.1 Å². The molecule has 2 fully saturated rings. The largest absolute Gasteiger partial charge is 0.351 e. The average Bonchev–Trinajstić information content (AvgIpc) is 3.51. The summed E-state index contributed by atoms with van der Waals surface area (Å²) in [4.78, 5) is 30.7. The van der Waals surface area contributed by atoms with E-state index in [1.807, 2.05) is 35.8 Å². The van der Waals surface area contributed by atoms with Crippen LogP contribution >= 0.6 is 0 Å². The maximum absolute atomic E-state index is 13.5. The second-order valence-corrected chi connectivity index (χ2v) is 8.58. The Balaban J connectivity index is 1.45. The Kier molecular flexibility index (Phi) is 6.74. The average molecular weight is 415 g/mol. The topological polar surface area (TPSA) is 59.1 Å². The van der Waals surface area contributed by atoms with Crippen molar-refractivity contribution in [3.8, 4) is 0 Å². The molecular weight excluding hydrogens is 380 g/mol. The van der Waals surface area contributed by atoms with Gasteiger partial charge in [-0.05, 0) is 63.5 Å². The molecule has 1 aromatic carbocycles. The Morgan fingerprint density at radius 3 is 2.17 bits per heavy atom. The van der Waals surface area contributed by atoms with E-state index in [4.69, 9.17) is 9.47 Å². The minimum Gasteiger partial charge on any atom is -0.351 e. The lowest BCUT2D eigenvalue weighted by molar-refractivity contribution is -0.177. The molecule has 2 atom stereocenters. The van der Waals surface area contributed by atoms with Crippen LogP contribution in [-0.4, -0.2) is 66.3 Å². The summed E-state index contributed by atoms with van der Waals surface area (Å²) in [5.41, 5.74) is 2.54. The van der Waals surface area contributed by atoms with E-state index in [-0.39, 0.29) is 36.1 Å². The summed E-state index contributed by atoms with van der Waals surface area (Å²) >= 11 is 0. The molecule has 0 aromatic heterocycles. The molecule has 2 saturated heterocycles. The van der Waals surface area contributed by atoms with Gasteiger partial charge in [-0.1, -0.05) is 24.3 Å². The second kappa shape index (κ2) is 9.48. The van der Waals surface area contributed by atoms with E-state index < -0.39 is 0 Å². The Bertz CT molecular complexity index is 736. The van der Waals surface area contributed by atoms with Crippen molar-refractivity contribution in [3.63, 3.8) is 0 Å². The van der Waals surface area contributed by atoms with Gasteiger partial charge in [0.15, 0.2) is 6.29 Å². The number of hydrogen-bond donors (Lipinski definition) is 0. The molecule has 2 amide bonds. The number of rotatable bonds is 7. The van der Waals surface area contributed by atoms with Crippen LogP contribution in [0.25, 0.3) is 0 Å². The SMILES string of the molecule is CCOC(OCC)[C@@H]1CCCN1C(=O)[C@@H]1CCCN1C(=O)C1Cc2ccccc2C1. The zero-order valence-electron chi connectivity index (χ0n) is 18.2. The number of carbonyl (C=O) groups excluding carboxylic acids is 2. The number of hydrogen-bond acceptors (Lipinski definition) is 4. The maximum Gasteiger partial charge on any atom is 0.245 e. The van der Waals surface area contributed by atoms with Gasteiger partial charge in [0.05, 0.1) is 6.04 Å². The molecule has 1 aliphatic carbocycles. The zero-order chi connectivity index (χ0) is 21.1. The van der Waals surface area contributed by atoms with Gasteiger partial charge < -0.3 is 19.3 Å². The number of carbonyl (C=O) groups is 2. The molecule has 1 aromatic rings. The van der Waals surface area contributed by atoms with E-state index in [9.17, 15) is 9.59 Å². The summed E-state index contributed by atoms with van der Waals surface area (Å²) in [6.07, 6.45) is 4.66. The molecule has 0 bridgehead atoms. The van der Waals surface area contributed by atoms with Crippen LogP contribution in [0, 0.1) is 5.92 Å². The summed E-state index contributed by atoms with van der Waals surface area (Å²) < 4.78 is 11.6. The van der Waals surface area contributed by atoms with E-state index in [0.29, 0.717) is 26.3 Å². The second-order valence-electron chi connectivity index (χ2n) is 8.58. The predicted octanol–water partition coefficient (Wildman–Crippen LogP) is 2.78. The molecule has 0 unspecified atom stereocenters. The monoisotopic (exact) mass is 414 g/mol. The number of likely N-dealkylation sites (tertiary alicyclic amines) is 2. The Morgan fingerprint density at radius 1 is 0.933 bits per heavy atom. The summed E-state index contributed by atoms with van der Waals surface area (Å²) in [5, 5.41) is 0. The van der Waals surface area contributed by atoms with Crippen molar-refractivity contribution in [3.05, 3.63) is 35.4 Å². The number of ether oxygens (including phenoxy) is 2. The normalized spacial score (nSPS) is 24.1. The van der Waals surface area contributed by atoms with Crippen molar-refractivity contribution in [2.24, 2.45) is 5.92 Å². The van der Waals surface area contributed by atoms with Crippen molar-refractivity contribution in [1.29, 1.82) is 0 Å². The van der Waals surface area contributed by atoms with Crippen LogP contribution in [0.15, 0.2) is 24.3 Å². The fraction of sp³-hybridized carbons (Fsp3) is 0.667. The van der Waals surface area contributed by atoms with Crippen LogP contribution < -0.4 is 0 Å². The lowest BCUT2D eigenvalue weighted by atomic mass is 10.0. The van der Waals surface area contributed by atoms with E-state index in [2.05, 4.69) is 12.1 Å². The van der Waals surface area contributed by atoms with E-state index in [0.717, 1.165) is 38.5 Å². The maximum atomic E-state index is 13.5. The molecular formula is C24H34N2O4. The molecule has 0 N–H and O–H groups in total. The van der Waals surface area contributed by atoms with Gasteiger partial charge in [0.2, 0.25) is 11.8 Å². The third-order valence-corrected chi connectivity index (χ3v) is 6.78. The first-order chi connectivity index (χ1) is 14.6. The van der Waals surface area contributed by atoms with Crippen LogP contribution in [0.1, 0.15) is 50.7 Å². The van der Waals surface area contributed by atoms with E-state index in [1.165, 1.54) is 11.1 Å². The Labute approximate surface area is 179 Å². The summed E-state index contributed by atoms with van der Waals surface area (Å²) in [5.74, 6) is 0.178. The molecule has 0 spiro atoms. The van der Waals surface area contributed by atoms with Gasteiger partial charge in [-0.15, -0.1) is 0 Å². The highest BCUT2D eigenvalue weighted by molar-refractivity contribution is 5.90. The molecule has 3 aliphatic rings. The highest BCUT2D eigenvalue weighted by atomic mass is 16.7. The van der Waals surface area contributed by atoms with Crippen LogP contribution in [0.2, 0.25) is 0 Å². The molecule has 6 nitrogen and oxygen atoms in total. The van der Waals surface area contributed by atoms with Crippen LogP contribution in [-0.2, 0) is 31.9 Å². The van der Waals surface area contributed by atoms with Crippen molar-refractivity contribution in [2.75, 3.05) is 26.3 Å². The Hall–Kier alpha value is -1.92. The predicted molar refractivity (Wildman–Crippen MR) is 114 cm³/mol. The van der Waals surface area contributed by atoms with E-state index >= 15 is 0 Å². The third kappa shape index (κ3) is 4.12. The Morgan fingerprint density at radius 2 is 1.53 bits per heavy atom. The van der Waals surface area contributed by atoms with Crippen LogP contribution in [0.4, 0.5) is 0 Å².